The number of aromatic nitrogens is 2. The number of carbonyl (C=O) groups is 1. The predicted molar refractivity (Wildman–Crippen MR) is 184 cm³/mol. The minimum Gasteiger partial charge on any atom is -0.393 e. The van der Waals surface area contributed by atoms with Gasteiger partial charge in [-0.25, -0.2) is 0 Å². The van der Waals surface area contributed by atoms with Crippen LogP contribution in [0.5, 0.6) is 0 Å². The number of piperazine rings is 1. The second-order valence-electron chi connectivity index (χ2n) is 17.3. The van der Waals surface area contributed by atoms with Crippen LogP contribution in [0.25, 0.3) is 0 Å². The van der Waals surface area contributed by atoms with E-state index in [0.29, 0.717) is 35.5 Å². The van der Waals surface area contributed by atoms with Crippen LogP contribution in [0.4, 0.5) is 17.6 Å². The summed E-state index contributed by atoms with van der Waals surface area (Å²) >= 11 is 0. The number of aliphatic hydroxyl groups excluding tert-OH is 1. The Kier molecular flexibility index (Phi) is 8.31. The van der Waals surface area contributed by atoms with Gasteiger partial charge in [-0.3, -0.25) is 9.69 Å². The molecule has 8 nitrogen and oxygen atoms in total. The van der Waals surface area contributed by atoms with Crippen molar-refractivity contribution in [3.8, 4) is 0 Å². The molecule has 4 saturated carbocycles. The summed E-state index contributed by atoms with van der Waals surface area (Å²) in [5, 5.41) is 10.4. The maximum absolute atomic E-state index is 14.3. The zero-order chi connectivity index (χ0) is 31.6. The molecule has 3 aliphatic heterocycles. The van der Waals surface area contributed by atoms with Crippen LogP contribution < -0.4 is 14.7 Å². The lowest BCUT2D eigenvalue weighted by Gasteiger charge is -2.60. The smallest absolute Gasteiger partial charge is 0.229 e. The topological polar surface area (TPSA) is 76.0 Å². The third-order valence-corrected chi connectivity index (χ3v) is 14.9. The van der Waals surface area contributed by atoms with Crippen molar-refractivity contribution < 1.29 is 9.90 Å². The van der Waals surface area contributed by atoms with Crippen LogP contribution >= 0.6 is 0 Å². The first-order valence-electron chi connectivity index (χ1n) is 19.3. The van der Waals surface area contributed by atoms with Gasteiger partial charge in [-0.1, -0.05) is 20.8 Å². The lowest BCUT2D eigenvalue weighted by atomic mass is 9.44. The van der Waals surface area contributed by atoms with Crippen LogP contribution in [-0.4, -0.2) is 90.8 Å². The molecule has 0 amide bonds. The van der Waals surface area contributed by atoms with E-state index in [9.17, 15) is 9.90 Å². The predicted octanol–water partition coefficient (Wildman–Crippen LogP) is 5.63. The van der Waals surface area contributed by atoms with Crippen LogP contribution in [0.3, 0.4) is 0 Å². The van der Waals surface area contributed by atoms with Gasteiger partial charge in [0.1, 0.15) is 11.6 Å². The van der Waals surface area contributed by atoms with Gasteiger partial charge in [-0.05, 0) is 117 Å². The molecule has 0 spiro atoms. The molecular weight excluding hydrogens is 572 g/mol. The summed E-state index contributed by atoms with van der Waals surface area (Å²) in [5.74, 6) is 7.19. The van der Waals surface area contributed by atoms with E-state index in [2.05, 4.69) is 46.4 Å². The average Bonchev–Trinajstić information content (AvgIpc) is 3.83. The van der Waals surface area contributed by atoms with Gasteiger partial charge < -0.3 is 19.8 Å². The zero-order valence-electron chi connectivity index (χ0n) is 29.0. The Balaban J connectivity index is 0.922. The van der Waals surface area contributed by atoms with E-state index in [1.54, 1.807) is 0 Å². The standard InChI is InChI=1S/C38H60N6O2/c1-26-22-31-29-9-8-27-23-28(45)10-12-37(27,2)30(29)11-13-38(31,3)35(26)32(46)25-41-18-20-43(21-19-41)34-24-33(42-14-4-5-15-42)39-36(40-34)44-16-6-7-17-44/h24,26-31,35,45H,4-23,25H2,1-3H3/t26?,27?,28?,29-,30+,31+,35-,37+,38+/m1/s1. The Morgan fingerprint density at radius 1 is 0.783 bits per heavy atom. The average molecular weight is 633 g/mol. The normalized spacial score (nSPS) is 41.4. The zero-order valence-corrected chi connectivity index (χ0v) is 29.0. The molecule has 1 aromatic heterocycles. The summed E-state index contributed by atoms with van der Waals surface area (Å²) in [6.07, 6.45) is 14.4. The van der Waals surface area contributed by atoms with Crippen LogP contribution in [0.1, 0.15) is 97.8 Å². The maximum Gasteiger partial charge on any atom is 0.229 e. The minimum atomic E-state index is -0.0837. The van der Waals surface area contributed by atoms with E-state index in [1.165, 1.54) is 64.2 Å². The highest BCUT2D eigenvalue weighted by molar-refractivity contribution is 5.84. The van der Waals surface area contributed by atoms with Gasteiger partial charge in [-0.2, -0.15) is 9.97 Å². The second kappa shape index (κ2) is 12.2. The van der Waals surface area contributed by atoms with Gasteiger partial charge in [0.15, 0.2) is 5.78 Å². The number of hydrogen-bond donors (Lipinski definition) is 1. The van der Waals surface area contributed by atoms with Crippen molar-refractivity contribution in [1.29, 1.82) is 0 Å². The van der Waals surface area contributed by atoms with Gasteiger partial charge in [0.05, 0.1) is 12.6 Å². The number of nitrogens with zero attached hydrogens (tertiary/aromatic N) is 6. The molecule has 7 fully saturated rings. The van der Waals surface area contributed by atoms with E-state index in [0.717, 1.165) is 94.6 Å². The molecule has 9 atom stereocenters. The van der Waals surface area contributed by atoms with E-state index >= 15 is 0 Å². The first kappa shape index (κ1) is 31.3. The summed E-state index contributed by atoms with van der Waals surface area (Å²) in [4.78, 5) is 34.1. The van der Waals surface area contributed by atoms with Crippen molar-refractivity contribution in [2.75, 3.05) is 73.6 Å². The summed E-state index contributed by atoms with van der Waals surface area (Å²) in [7, 11) is 0. The highest BCUT2D eigenvalue weighted by Crippen LogP contribution is 2.68. The molecule has 4 heterocycles. The molecule has 254 valence electrons. The highest BCUT2D eigenvalue weighted by Gasteiger charge is 2.62. The molecule has 0 radical (unpaired) electrons. The number of Topliss-reactive ketones (excluding diaryl/α,β-unsaturated/α-hetero) is 1. The molecule has 3 unspecified atom stereocenters. The second-order valence-corrected chi connectivity index (χ2v) is 17.3. The first-order chi connectivity index (χ1) is 22.2. The van der Waals surface area contributed by atoms with Gasteiger partial charge in [0, 0.05) is 64.3 Å². The monoisotopic (exact) mass is 632 g/mol. The Morgan fingerprint density at radius 3 is 2.11 bits per heavy atom. The van der Waals surface area contributed by atoms with Gasteiger partial charge in [-0.15, -0.1) is 0 Å². The van der Waals surface area contributed by atoms with Crippen molar-refractivity contribution in [2.24, 2.45) is 46.3 Å². The molecule has 7 aliphatic rings. The van der Waals surface area contributed by atoms with Gasteiger partial charge >= 0.3 is 0 Å². The van der Waals surface area contributed by atoms with Crippen LogP contribution in [0.15, 0.2) is 6.07 Å². The molecular formula is C38H60N6O2. The van der Waals surface area contributed by atoms with Crippen molar-refractivity contribution in [3.63, 3.8) is 0 Å². The molecule has 8 heteroatoms. The van der Waals surface area contributed by atoms with Crippen LogP contribution in [-0.2, 0) is 4.79 Å². The molecule has 0 bridgehead atoms. The fourth-order valence-corrected chi connectivity index (χ4v) is 12.5. The van der Waals surface area contributed by atoms with E-state index < -0.39 is 0 Å². The van der Waals surface area contributed by atoms with E-state index in [4.69, 9.17) is 9.97 Å². The molecule has 8 rings (SSSR count). The first-order valence-corrected chi connectivity index (χ1v) is 19.3. The lowest BCUT2D eigenvalue weighted by molar-refractivity contribution is -0.141. The Hall–Kier alpha value is -1.93. The van der Waals surface area contributed by atoms with Crippen molar-refractivity contribution in [3.05, 3.63) is 6.07 Å². The van der Waals surface area contributed by atoms with E-state index in [-0.39, 0.29) is 17.4 Å². The minimum absolute atomic E-state index is 0.0837. The summed E-state index contributed by atoms with van der Waals surface area (Å²) in [5.41, 5.74) is 0.540. The number of fused-ring (bicyclic) bond motifs is 5. The summed E-state index contributed by atoms with van der Waals surface area (Å²) < 4.78 is 0. The Morgan fingerprint density at radius 2 is 1.41 bits per heavy atom. The molecule has 1 N–H and O–H groups in total. The fourth-order valence-electron chi connectivity index (χ4n) is 12.5. The quantitative estimate of drug-likeness (QED) is 0.433. The fraction of sp³-hybridized carbons (Fsp3) is 0.868. The SMILES string of the molecule is CC1C[C@H]2[C@@H]3CCC4CC(O)CC[C@]4(C)[C@H]3CC[C@]2(C)[C@H]1C(=O)CN1CCN(c2cc(N3CCCC3)nc(N3CCCC3)n2)CC1. The molecule has 1 aromatic rings. The third-order valence-electron chi connectivity index (χ3n) is 14.9. The Labute approximate surface area is 277 Å². The number of ketones is 1. The van der Waals surface area contributed by atoms with Crippen molar-refractivity contribution >= 4 is 23.4 Å². The number of hydrogen-bond acceptors (Lipinski definition) is 8. The Bertz CT molecular complexity index is 1240. The summed E-state index contributed by atoms with van der Waals surface area (Å²) in [6.45, 7) is 16.1. The molecule has 3 saturated heterocycles. The highest BCUT2D eigenvalue weighted by atomic mass is 16.3. The van der Waals surface area contributed by atoms with Crippen LogP contribution in [0.2, 0.25) is 0 Å². The lowest BCUT2D eigenvalue weighted by Crippen LogP contribution is -2.55. The molecule has 0 aromatic carbocycles. The molecule has 4 aliphatic carbocycles. The number of aliphatic hydroxyl groups is 1. The van der Waals surface area contributed by atoms with Crippen molar-refractivity contribution in [2.45, 2.75) is 104 Å². The van der Waals surface area contributed by atoms with Crippen molar-refractivity contribution in [1.82, 2.24) is 14.9 Å². The largest absolute Gasteiger partial charge is 0.393 e. The van der Waals surface area contributed by atoms with Gasteiger partial charge in [0.25, 0.3) is 0 Å². The van der Waals surface area contributed by atoms with E-state index in [1.807, 2.05) is 0 Å². The number of anilines is 3. The van der Waals surface area contributed by atoms with Crippen LogP contribution in [0, 0.1) is 46.3 Å². The number of rotatable bonds is 6. The summed E-state index contributed by atoms with van der Waals surface area (Å²) in [6, 6.07) is 2.23. The number of carbonyl (C=O) groups excluding carboxylic acids is 1. The molecule has 46 heavy (non-hydrogen) atoms. The third kappa shape index (κ3) is 5.36. The maximum atomic E-state index is 14.3. The van der Waals surface area contributed by atoms with Gasteiger partial charge in [0.2, 0.25) is 5.95 Å².